The molecule has 0 aromatic carbocycles. The highest BCUT2D eigenvalue weighted by Crippen LogP contribution is 1.77. The van der Waals surface area contributed by atoms with E-state index in [4.69, 9.17) is 16.0 Å². The molecule has 0 atom stereocenters. The van der Waals surface area contributed by atoms with Crippen molar-refractivity contribution in [3.63, 3.8) is 0 Å². The van der Waals surface area contributed by atoms with Crippen molar-refractivity contribution in [2.75, 3.05) is 5.88 Å². The first-order valence-electron chi connectivity index (χ1n) is 4.13. The van der Waals surface area contributed by atoms with E-state index in [9.17, 15) is 4.79 Å². The van der Waals surface area contributed by atoms with Gasteiger partial charge in [0, 0.05) is 12.4 Å². The van der Waals surface area contributed by atoms with E-state index in [1.807, 2.05) is 19.9 Å². The summed E-state index contributed by atoms with van der Waals surface area (Å²) in [6.07, 6.45) is 3.61. The van der Waals surface area contributed by atoms with Crippen LogP contribution in [0, 0.1) is 0 Å². The summed E-state index contributed by atoms with van der Waals surface area (Å²) in [7, 11) is 0. The van der Waals surface area contributed by atoms with Crippen LogP contribution in [0.25, 0.3) is 12.2 Å². The van der Waals surface area contributed by atoms with Gasteiger partial charge in [-0.25, -0.2) is 4.79 Å². The number of halogens is 1. The van der Waals surface area contributed by atoms with Gasteiger partial charge >= 0.3 is 5.76 Å². The SMILES string of the molecule is C/C=c1\oc(=O)n(CCCl)\c1=C/C. The summed E-state index contributed by atoms with van der Waals surface area (Å²) in [5.74, 6) is 0.0607. The summed E-state index contributed by atoms with van der Waals surface area (Å²) < 4.78 is 6.53. The Hall–Kier alpha value is -0.960. The Morgan fingerprint density at radius 2 is 2.15 bits per heavy atom. The standard InChI is InChI=1S/C9H12ClNO2/c1-3-7-8(4-2)13-9(12)11(7)6-5-10/h3-4H,5-6H2,1-2H3/b7-3-,8-4-. The van der Waals surface area contributed by atoms with Crippen LogP contribution in [-0.2, 0) is 6.54 Å². The van der Waals surface area contributed by atoms with Gasteiger partial charge in [-0.05, 0) is 19.9 Å². The van der Waals surface area contributed by atoms with Gasteiger partial charge in [-0.2, -0.15) is 0 Å². The summed E-state index contributed by atoms with van der Waals surface area (Å²) in [5, 5.41) is 0.799. The minimum Gasteiger partial charge on any atom is -0.408 e. The molecule has 1 aromatic rings. The lowest BCUT2D eigenvalue weighted by atomic mass is 10.4. The molecule has 4 heteroatoms. The molecule has 0 aliphatic rings. The van der Waals surface area contributed by atoms with Crippen molar-refractivity contribution < 1.29 is 4.42 Å². The van der Waals surface area contributed by atoms with Crippen molar-refractivity contribution in [2.24, 2.45) is 0 Å². The fourth-order valence-corrected chi connectivity index (χ4v) is 1.40. The molecule has 0 aliphatic heterocycles. The van der Waals surface area contributed by atoms with Gasteiger partial charge in [-0.15, -0.1) is 11.6 Å². The molecule has 3 nitrogen and oxygen atoms in total. The van der Waals surface area contributed by atoms with Gasteiger partial charge < -0.3 is 4.42 Å². The van der Waals surface area contributed by atoms with Crippen molar-refractivity contribution in [1.82, 2.24) is 4.57 Å². The maximum atomic E-state index is 11.3. The maximum Gasteiger partial charge on any atom is 0.419 e. The Bertz CT molecular complexity index is 441. The van der Waals surface area contributed by atoms with Crippen molar-refractivity contribution in [3.8, 4) is 0 Å². The molecule has 0 spiro atoms. The van der Waals surface area contributed by atoms with Crippen LogP contribution in [0.15, 0.2) is 9.21 Å². The molecular formula is C9H12ClNO2. The van der Waals surface area contributed by atoms with Crippen LogP contribution < -0.4 is 16.5 Å². The smallest absolute Gasteiger partial charge is 0.408 e. The van der Waals surface area contributed by atoms with Gasteiger partial charge in [-0.1, -0.05) is 6.08 Å². The topological polar surface area (TPSA) is 35.1 Å². The molecule has 13 heavy (non-hydrogen) atoms. The molecule has 0 radical (unpaired) electrons. The minimum atomic E-state index is -0.346. The molecule has 0 fully saturated rings. The van der Waals surface area contributed by atoms with Crippen molar-refractivity contribution in [1.29, 1.82) is 0 Å². The second-order valence-corrected chi connectivity index (χ2v) is 2.91. The minimum absolute atomic E-state index is 0.346. The van der Waals surface area contributed by atoms with E-state index >= 15 is 0 Å². The van der Waals surface area contributed by atoms with Crippen molar-refractivity contribution >= 4 is 23.8 Å². The average Bonchev–Trinajstić information content (AvgIpc) is 2.44. The highest BCUT2D eigenvalue weighted by molar-refractivity contribution is 6.17. The Labute approximate surface area is 80.9 Å². The normalized spacial score (nSPS) is 14.1. The molecule has 0 N–H and O–H groups in total. The van der Waals surface area contributed by atoms with Gasteiger partial charge in [0.1, 0.15) is 0 Å². The number of rotatable bonds is 2. The van der Waals surface area contributed by atoms with Crippen molar-refractivity contribution in [3.05, 3.63) is 21.3 Å². The Balaban J connectivity index is 3.52. The zero-order valence-corrected chi connectivity index (χ0v) is 8.47. The molecule has 0 aliphatic carbocycles. The first kappa shape index (κ1) is 10.1. The Kier molecular flexibility index (Phi) is 3.37. The Morgan fingerprint density at radius 1 is 1.46 bits per heavy atom. The summed E-state index contributed by atoms with van der Waals surface area (Å²) >= 11 is 5.56. The molecule has 1 aromatic heterocycles. The molecule has 1 heterocycles. The molecule has 0 saturated carbocycles. The predicted molar refractivity (Wildman–Crippen MR) is 53.2 cm³/mol. The number of nitrogens with zero attached hydrogens (tertiary/aromatic N) is 1. The lowest BCUT2D eigenvalue weighted by Gasteiger charge is -1.93. The van der Waals surface area contributed by atoms with E-state index in [1.165, 1.54) is 4.57 Å². The second-order valence-electron chi connectivity index (χ2n) is 2.54. The molecule has 0 bridgehead atoms. The zero-order valence-electron chi connectivity index (χ0n) is 7.71. The van der Waals surface area contributed by atoms with Gasteiger partial charge in [0.05, 0.1) is 5.35 Å². The number of hydrogen-bond donors (Lipinski definition) is 0. The third-order valence-electron chi connectivity index (χ3n) is 1.80. The third kappa shape index (κ3) is 1.86. The first-order valence-corrected chi connectivity index (χ1v) is 4.66. The van der Waals surface area contributed by atoms with Gasteiger partial charge in [0.25, 0.3) is 0 Å². The summed E-state index contributed by atoms with van der Waals surface area (Å²) in [4.78, 5) is 11.3. The molecule has 1 rings (SSSR count). The van der Waals surface area contributed by atoms with Crippen LogP contribution in [0.4, 0.5) is 0 Å². The quantitative estimate of drug-likeness (QED) is 0.645. The maximum absolute atomic E-state index is 11.3. The number of hydrogen-bond acceptors (Lipinski definition) is 2. The predicted octanol–water partition coefficient (Wildman–Crippen LogP) is 0.281. The molecule has 0 amide bonds. The van der Waals surface area contributed by atoms with Crippen LogP contribution in [0.1, 0.15) is 13.8 Å². The average molecular weight is 202 g/mol. The fraction of sp³-hybridized carbons (Fsp3) is 0.444. The van der Waals surface area contributed by atoms with Crippen LogP contribution in [0.5, 0.6) is 0 Å². The summed E-state index contributed by atoms with van der Waals surface area (Å²) in [6, 6.07) is 0. The van der Waals surface area contributed by atoms with Crippen LogP contribution in [0.3, 0.4) is 0 Å². The van der Waals surface area contributed by atoms with Crippen LogP contribution >= 0.6 is 11.6 Å². The third-order valence-corrected chi connectivity index (χ3v) is 1.97. The van der Waals surface area contributed by atoms with E-state index in [0.717, 1.165) is 5.35 Å². The molecule has 0 saturated heterocycles. The second kappa shape index (κ2) is 4.33. The van der Waals surface area contributed by atoms with Crippen molar-refractivity contribution in [2.45, 2.75) is 20.4 Å². The van der Waals surface area contributed by atoms with E-state index < -0.39 is 0 Å². The van der Waals surface area contributed by atoms with E-state index in [2.05, 4.69) is 0 Å². The highest BCUT2D eigenvalue weighted by atomic mass is 35.5. The largest absolute Gasteiger partial charge is 0.419 e. The molecule has 0 unspecified atom stereocenters. The Morgan fingerprint density at radius 3 is 2.62 bits per heavy atom. The van der Waals surface area contributed by atoms with E-state index in [1.54, 1.807) is 6.08 Å². The molecular weight excluding hydrogens is 190 g/mol. The summed E-state index contributed by atoms with van der Waals surface area (Å²) in [6.45, 7) is 4.18. The van der Waals surface area contributed by atoms with Crippen LogP contribution in [0.2, 0.25) is 0 Å². The number of alkyl halides is 1. The van der Waals surface area contributed by atoms with E-state index in [0.29, 0.717) is 17.8 Å². The zero-order chi connectivity index (χ0) is 9.84. The van der Waals surface area contributed by atoms with Gasteiger partial charge in [-0.3, -0.25) is 4.57 Å². The van der Waals surface area contributed by atoms with Gasteiger partial charge in [0.15, 0.2) is 5.42 Å². The monoisotopic (exact) mass is 201 g/mol. The summed E-state index contributed by atoms with van der Waals surface area (Å²) in [5.41, 5.74) is 0.609. The van der Waals surface area contributed by atoms with E-state index in [-0.39, 0.29) is 5.76 Å². The van der Waals surface area contributed by atoms with Crippen LogP contribution in [-0.4, -0.2) is 10.4 Å². The first-order chi connectivity index (χ1) is 6.24. The van der Waals surface area contributed by atoms with Gasteiger partial charge in [0.2, 0.25) is 0 Å². The highest BCUT2D eigenvalue weighted by Gasteiger charge is 2.02. The number of oxazole rings is 1. The lowest BCUT2D eigenvalue weighted by Crippen LogP contribution is -2.32. The molecule has 72 valence electrons. The lowest BCUT2D eigenvalue weighted by molar-refractivity contribution is 0.462. The number of aromatic nitrogens is 1. The fourth-order valence-electron chi connectivity index (χ4n) is 1.23.